The van der Waals surface area contributed by atoms with Crippen LogP contribution in [-0.4, -0.2) is 64.8 Å². The molecule has 9 nitrogen and oxygen atoms in total. The maximum atomic E-state index is 13.3. The lowest BCUT2D eigenvalue weighted by atomic mass is 10.0. The molecule has 2 aromatic carbocycles. The van der Waals surface area contributed by atoms with Crippen LogP contribution in [0.15, 0.2) is 48.5 Å². The number of fused-ring (bicyclic) bond motifs is 1. The Labute approximate surface area is 172 Å². The fraction of sp³-hybridized carbons (Fsp3) is 0.286. The lowest BCUT2D eigenvalue weighted by molar-refractivity contribution is -0.384. The topological polar surface area (TPSA) is 110 Å². The van der Waals surface area contributed by atoms with Gasteiger partial charge in [0.25, 0.3) is 17.5 Å². The Hall–Kier alpha value is -3.59. The van der Waals surface area contributed by atoms with Gasteiger partial charge in [-0.25, -0.2) is 0 Å². The molecule has 0 radical (unpaired) electrons. The van der Waals surface area contributed by atoms with Crippen molar-refractivity contribution in [2.45, 2.75) is 12.5 Å². The predicted octanol–water partition coefficient (Wildman–Crippen LogP) is 1.66. The van der Waals surface area contributed by atoms with Crippen LogP contribution in [0.4, 0.5) is 5.69 Å². The Morgan fingerprint density at radius 2 is 1.57 bits per heavy atom. The minimum Gasteiger partial charge on any atom is -0.378 e. The lowest BCUT2D eigenvalue weighted by Gasteiger charge is -2.33. The SMILES string of the molecule is O=C([C@H](Cc1ccc([N+](=O)[O-])cc1)N1C(=O)c2ccccc2C1=O)N1CCOCC1. The van der Waals surface area contributed by atoms with Gasteiger partial charge in [-0.3, -0.25) is 29.4 Å². The van der Waals surface area contributed by atoms with E-state index >= 15 is 0 Å². The third kappa shape index (κ3) is 3.55. The molecular formula is C21H19N3O6. The van der Waals surface area contributed by atoms with Crippen LogP contribution < -0.4 is 0 Å². The largest absolute Gasteiger partial charge is 0.378 e. The Morgan fingerprint density at radius 3 is 2.10 bits per heavy atom. The minimum absolute atomic E-state index is 0.0691. The first-order chi connectivity index (χ1) is 14.5. The fourth-order valence-electron chi connectivity index (χ4n) is 3.75. The monoisotopic (exact) mass is 409 g/mol. The van der Waals surface area contributed by atoms with Gasteiger partial charge >= 0.3 is 0 Å². The van der Waals surface area contributed by atoms with Crippen LogP contribution in [0.2, 0.25) is 0 Å². The third-order valence-electron chi connectivity index (χ3n) is 5.32. The molecule has 154 valence electrons. The first-order valence-corrected chi connectivity index (χ1v) is 9.54. The average Bonchev–Trinajstić information content (AvgIpc) is 3.03. The first-order valence-electron chi connectivity index (χ1n) is 9.54. The minimum atomic E-state index is -1.04. The molecule has 3 amide bonds. The second-order valence-corrected chi connectivity index (χ2v) is 7.11. The summed E-state index contributed by atoms with van der Waals surface area (Å²) in [6, 6.07) is 11.2. The van der Waals surface area contributed by atoms with Crippen molar-refractivity contribution in [2.75, 3.05) is 26.3 Å². The number of imide groups is 1. The number of amides is 3. The molecule has 2 heterocycles. The van der Waals surface area contributed by atoms with Crippen LogP contribution in [0, 0.1) is 10.1 Å². The summed E-state index contributed by atoms with van der Waals surface area (Å²) in [5.74, 6) is -1.36. The van der Waals surface area contributed by atoms with Crippen molar-refractivity contribution < 1.29 is 24.0 Å². The molecule has 2 aliphatic rings. The number of nitro groups is 1. The second-order valence-electron chi connectivity index (χ2n) is 7.11. The number of ether oxygens (including phenoxy) is 1. The molecule has 9 heteroatoms. The Morgan fingerprint density at radius 1 is 1.00 bits per heavy atom. The second kappa shape index (κ2) is 8.03. The quantitative estimate of drug-likeness (QED) is 0.422. The van der Waals surface area contributed by atoms with Crippen molar-refractivity contribution in [3.8, 4) is 0 Å². The number of non-ortho nitro benzene ring substituents is 1. The van der Waals surface area contributed by atoms with Crippen molar-refractivity contribution in [2.24, 2.45) is 0 Å². The van der Waals surface area contributed by atoms with Gasteiger partial charge in [-0.15, -0.1) is 0 Å². The number of carbonyl (C=O) groups excluding carboxylic acids is 3. The number of benzene rings is 2. The highest BCUT2D eigenvalue weighted by molar-refractivity contribution is 6.22. The van der Waals surface area contributed by atoms with Gasteiger partial charge in [0.05, 0.1) is 29.3 Å². The zero-order valence-corrected chi connectivity index (χ0v) is 16.0. The van der Waals surface area contributed by atoms with E-state index in [2.05, 4.69) is 0 Å². The van der Waals surface area contributed by atoms with Gasteiger partial charge in [0.1, 0.15) is 6.04 Å². The van der Waals surface area contributed by atoms with Crippen LogP contribution >= 0.6 is 0 Å². The van der Waals surface area contributed by atoms with E-state index in [4.69, 9.17) is 4.74 Å². The normalized spacial score (nSPS) is 17.1. The van der Waals surface area contributed by atoms with Crippen molar-refractivity contribution in [3.05, 3.63) is 75.3 Å². The molecule has 0 N–H and O–H groups in total. The third-order valence-corrected chi connectivity index (χ3v) is 5.32. The number of nitro benzene ring substituents is 1. The highest BCUT2D eigenvalue weighted by atomic mass is 16.6. The number of carbonyl (C=O) groups is 3. The van der Waals surface area contributed by atoms with Gasteiger partial charge in [-0.1, -0.05) is 24.3 Å². The molecule has 1 saturated heterocycles. The van der Waals surface area contributed by atoms with Crippen molar-refractivity contribution in [1.29, 1.82) is 0 Å². The standard InChI is InChI=1S/C21H19N3O6/c25-19-16-3-1-2-4-17(16)20(26)23(19)18(21(27)22-9-11-30-12-10-22)13-14-5-7-15(8-6-14)24(28)29/h1-8,18H,9-13H2/t18-/m0/s1. The highest BCUT2D eigenvalue weighted by Crippen LogP contribution is 2.27. The Bertz CT molecular complexity index is 979. The van der Waals surface area contributed by atoms with Gasteiger partial charge in [-0.2, -0.15) is 0 Å². The van der Waals surface area contributed by atoms with E-state index in [1.54, 1.807) is 29.2 Å². The summed E-state index contributed by atoms with van der Waals surface area (Å²) < 4.78 is 5.30. The van der Waals surface area contributed by atoms with E-state index in [1.807, 2.05) is 0 Å². The van der Waals surface area contributed by atoms with E-state index in [-0.39, 0.29) is 29.1 Å². The molecule has 4 rings (SSSR count). The smallest absolute Gasteiger partial charge is 0.269 e. The summed E-state index contributed by atoms with van der Waals surface area (Å²) in [7, 11) is 0. The highest BCUT2D eigenvalue weighted by Gasteiger charge is 2.44. The van der Waals surface area contributed by atoms with E-state index in [0.29, 0.717) is 31.9 Å². The number of rotatable bonds is 5. The molecule has 1 fully saturated rings. The summed E-state index contributed by atoms with van der Waals surface area (Å²) in [6.45, 7) is 1.52. The zero-order chi connectivity index (χ0) is 21.3. The van der Waals surface area contributed by atoms with Crippen LogP contribution in [-0.2, 0) is 16.0 Å². The van der Waals surface area contributed by atoms with Gasteiger partial charge in [0, 0.05) is 31.6 Å². The average molecular weight is 409 g/mol. The van der Waals surface area contributed by atoms with Crippen LogP contribution in [0.1, 0.15) is 26.3 Å². The molecule has 30 heavy (non-hydrogen) atoms. The summed E-state index contributed by atoms with van der Waals surface area (Å²) >= 11 is 0. The number of morpholine rings is 1. The first kappa shape index (κ1) is 19.7. The maximum Gasteiger partial charge on any atom is 0.269 e. The van der Waals surface area contributed by atoms with Crippen LogP contribution in [0.5, 0.6) is 0 Å². The molecule has 0 aromatic heterocycles. The molecule has 0 bridgehead atoms. The lowest BCUT2D eigenvalue weighted by Crippen LogP contribution is -2.54. The van der Waals surface area contributed by atoms with Gasteiger partial charge in [0.2, 0.25) is 5.91 Å². The summed E-state index contributed by atoms with van der Waals surface area (Å²) in [5.41, 5.74) is 1.08. The number of nitrogens with zero attached hydrogens (tertiary/aromatic N) is 3. The Kier molecular flexibility index (Phi) is 5.28. The predicted molar refractivity (Wildman–Crippen MR) is 105 cm³/mol. The number of hydrogen-bond acceptors (Lipinski definition) is 6. The van der Waals surface area contributed by atoms with Gasteiger partial charge in [0.15, 0.2) is 0 Å². The molecule has 0 saturated carbocycles. The zero-order valence-electron chi connectivity index (χ0n) is 16.0. The summed E-state index contributed by atoms with van der Waals surface area (Å²) in [4.78, 5) is 52.3. The van der Waals surface area contributed by atoms with Gasteiger partial charge in [-0.05, 0) is 17.7 Å². The molecule has 0 spiro atoms. The van der Waals surface area contributed by atoms with E-state index < -0.39 is 22.8 Å². The fourth-order valence-corrected chi connectivity index (χ4v) is 3.75. The molecule has 1 atom stereocenters. The van der Waals surface area contributed by atoms with E-state index in [0.717, 1.165) is 4.90 Å². The molecule has 0 unspecified atom stereocenters. The Balaban J connectivity index is 1.67. The van der Waals surface area contributed by atoms with E-state index in [9.17, 15) is 24.5 Å². The van der Waals surface area contributed by atoms with Crippen molar-refractivity contribution in [1.82, 2.24) is 9.80 Å². The summed E-state index contributed by atoms with van der Waals surface area (Å²) in [5, 5.41) is 10.9. The van der Waals surface area contributed by atoms with Crippen LogP contribution in [0.3, 0.4) is 0 Å². The summed E-state index contributed by atoms with van der Waals surface area (Å²) in [6.07, 6.45) is 0.0691. The molecule has 2 aliphatic heterocycles. The maximum absolute atomic E-state index is 13.3. The molecular weight excluding hydrogens is 390 g/mol. The van der Waals surface area contributed by atoms with E-state index in [1.165, 1.54) is 24.3 Å². The molecule has 2 aromatic rings. The molecule has 0 aliphatic carbocycles. The van der Waals surface area contributed by atoms with Crippen LogP contribution in [0.25, 0.3) is 0 Å². The van der Waals surface area contributed by atoms with Crippen molar-refractivity contribution in [3.63, 3.8) is 0 Å². The van der Waals surface area contributed by atoms with Crippen molar-refractivity contribution >= 4 is 23.4 Å². The number of hydrogen-bond donors (Lipinski definition) is 0. The van der Waals surface area contributed by atoms with Gasteiger partial charge < -0.3 is 9.64 Å².